The first-order chi connectivity index (χ1) is 7.06. The molecular weight excluding hydrogens is 273 g/mol. The Kier molecular flexibility index (Phi) is 5.80. The van der Waals surface area contributed by atoms with Crippen molar-refractivity contribution in [2.45, 2.75) is 44.4 Å². The van der Waals surface area contributed by atoms with Crippen molar-refractivity contribution in [3.63, 3.8) is 0 Å². The lowest BCUT2D eigenvalue weighted by molar-refractivity contribution is -0.0844. The minimum atomic E-state index is -5.31. The summed E-state index contributed by atoms with van der Waals surface area (Å²) in [6.07, 6.45) is 0.673. The van der Waals surface area contributed by atoms with E-state index in [1.54, 1.807) is 0 Å². The first-order valence-corrected chi connectivity index (χ1v) is 7.77. The van der Waals surface area contributed by atoms with Crippen molar-refractivity contribution < 1.29 is 26.3 Å². The lowest BCUT2D eigenvalue weighted by Gasteiger charge is -2.26. The van der Waals surface area contributed by atoms with E-state index in [1.807, 2.05) is 6.92 Å². The maximum absolute atomic E-state index is 12.3. The number of unbranched alkanes of at least 4 members (excludes halogenated alkanes) is 3. The number of alkyl halides is 6. The molecule has 0 amide bonds. The summed E-state index contributed by atoms with van der Waals surface area (Å²) in [5, 5.41) is 0. The van der Waals surface area contributed by atoms with Crippen molar-refractivity contribution in [3.8, 4) is 0 Å². The molecule has 0 N–H and O–H groups in total. The molecule has 0 atom stereocenters. The Morgan fingerprint density at radius 2 is 1.31 bits per heavy atom. The van der Waals surface area contributed by atoms with Crippen LogP contribution in [0.1, 0.15) is 32.6 Å². The molecule has 0 fully saturated rings. The second kappa shape index (κ2) is 5.71. The summed E-state index contributed by atoms with van der Waals surface area (Å²) in [4.78, 5) is 0. The van der Waals surface area contributed by atoms with Crippen molar-refractivity contribution in [2.75, 3.05) is 6.16 Å². The lowest BCUT2D eigenvalue weighted by atomic mass is 10.2. The van der Waals surface area contributed by atoms with Gasteiger partial charge >= 0.3 is 11.8 Å². The molecule has 0 aromatic heterocycles. The molecule has 0 aliphatic heterocycles. The van der Waals surface area contributed by atoms with Gasteiger partial charge in [-0.3, -0.25) is 0 Å². The first kappa shape index (κ1) is 16.2. The summed E-state index contributed by atoms with van der Waals surface area (Å²) in [5.41, 5.74) is 0. The Bertz CT molecular complexity index is 238. The number of halogens is 6. The smallest absolute Gasteiger partial charge is 0.166 e. The van der Waals surface area contributed by atoms with Crippen LogP contribution >= 0.6 is 6.04 Å². The maximum Gasteiger partial charge on any atom is 0.422 e. The van der Waals surface area contributed by atoms with Crippen LogP contribution in [0.15, 0.2) is 0 Å². The molecule has 0 radical (unpaired) electrons. The average molecular weight is 286 g/mol. The molecular formula is C8H13F6PS. The third-order valence-electron chi connectivity index (χ3n) is 2.15. The van der Waals surface area contributed by atoms with Crippen LogP contribution in [0.3, 0.4) is 0 Å². The van der Waals surface area contributed by atoms with E-state index in [9.17, 15) is 26.3 Å². The highest BCUT2D eigenvalue weighted by molar-refractivity contribution is 8.15. The Morgan fingerprint density at radius 1 is 0.875 bits per heavy atom. The Balaban J connectivity index is 4.66. The van der Waals surface area contributed by atoms with Gasteiger partial charge in [0, 0.05) is 0 Å². The molecule has 8 heteroatoms. The molecule has 0 aliphatic carbocycles. The first-order valence-electron chi connectivity index (χ1n) is 4.79. The van der Waals surface area contributed by atoms with Crippen molar-refractivity contribution in [1.82, 2.24) is 0 Å². The van der Waals surface area contributed by atoms with E-state index in [-0.39, 0.29) is 6.42 Å². The highest BCUT2D eigenvalue weighted by Crippen LogP contribution is 2.71. The molecule has 0 aromatic rings. The molecule has 0 unspecified atom stereocenters. The summed E-state index contributed by atoms with van der Waals surface area (Å²) in [7, 11) is 0. The third kappa shape index (κ3) is 3.91. The predicted molar refractivity (Wildman–Crippen MR) is 55.4 cm³/mol. The zero-order valence-corrected chi connectivity index (χ0v) is 10.4. The molecule has 0 saturated heterocycles. The van der Waals surface area contributed by atoms with Crippen LogP contribution in [0.4, 0.5) is 26.3 Å². The van der Waals surface area contributed by atoms with Gasteiger partial charge in [0.2, 0.25) is 0 Å². The van der Waals surface area contributed by atoms with E-state index in [0.29, 0.717) is 12.8 Å². The molecule has 0 aliphatic rings. The summed E-state index contributed by atoms with van der Waals surface area (Å²) < 4.78 is 74.0. The van der Waals surface area contributed by atoms with Crippen molar-refractivity contribution in [2.24, 2.45) is 0 Å². The van der Waals surface area contributed by atoms with Crippen LogP contribution < -0.4 is 0 Å². The van der Waals surface area contributed by atoms with Gasteiger partial charge in [-0.15, -0.1) is 0 Å². The normalized spacial score (nSPS) is 14.2. The largest absolute Gasteiger partial charge is 0.422 e. The van der Waals surface area contributed by atoms with Gasteiger partial charge in [0.1, 0.15) is 0 Å². The van der Waals surface area contributed by atoms with Crippen molar-refractivity contribution >= 4 is 17.8 Å². The van der Waals surface area contributed by atoms with Crippen LogP contribution in [-0.4, -0.2) is 18.0 Å². The van der Waals surface area contributed by atoms with E-state index in [4.69, 9.17) is 0 Å². The van der Waals surface area contributed by atoms with E-state index >= 15 is 0 Å². The third-order valence-corrected chi connectivity index (χ3v) is 6.52. The van der Waals surface area contributed by atoms with Gasteiger partial charge in [0.15, 0.2) is 6.04 Å². The zero-order chi connectivity index (χ0) is 13.0. The summed E-state index contributed by atoms with van der Waals surface area (Å²) >= 11 is 3.89. The quantitative estimate of drug-likeness (QED) is 0.385. The minimum absolute atomic E-state index is 0.107. The fourth-order valence-corrected chi connectivity index (χ4v) is 3.01. The van der Waals surface area contributed by atoms with E-state index in [1.165, 1.54) is 0 Å². The monoisotopic (exact) mass is 286 g/mol. The fourth-order valence-electron chi connectivity index (χ4n) is 1.16. The zero-order valence-electron chi connectivity index (χ0n) is 8.66. The molecule has 0 heterocycles. The fraction of sp³-hybridized carbons (Fsp3) is 1.00. The molecule has 98 valence electrons. The number of rotatable bonds is 5. The highest BCUT2D eigenvalue weighted by Gasteiger charge is 2.62. The molecule has 0 bridgehead atoms. The van der Waals surface area contributed by atoms with Crippen LogP contribution in [0.25, 0.3) is 0 Å². The average Bonchev–Trinajstić information content (AvgIpc) is 2.08. The van der Waals surface area contributed by atoms with Gasteiger partial charge in [-0.05, 0) is 12.6 Å². The Hall–Kier alpha value is 0.230. The molecule has 0 rings (SSSR count). The summed E-state index contributed by atoms with van der Waals surface area (Å²) in [6, 6.07) is -5.29. The topological polar surface area (TPSA) is 0 Å². The van der Waals surface area contributed by atoms with Crippen LogP contribution in [0, 0.1) is 0 Å². The number of hydrogen-bond acceptors (Lipinski definition) is 1. The lowest BCUT2D eigenvalue weighted by Crippen LogP contribution is -2.24. The SMILES string of the molecule is CCCCCCP(=S)(C(F)(F)F)C(F)(F)F. The van der Waals surface area contributed by atoms with Crippen LogP contribution in [0.2, 0.25) is 0 Å². The molecule has 0 nitrogen and oxygen atoms in total. The van der Waals surface area contributed by atoms with Gasteiger partial charge in [-0.2, -0.15) is 26.3 Å². The van der Waals surface area contributed by atoms with Gasteiger partial charge in [0.25, 0.3) is 0 Å². The van der Waals surface area contributed by atoms with Crippen molar-refractivity contribution in [3.05, 3.63) is 0 Å². The van der Waals surface area contributed by atoms with Gasteiger partial charge in [0.05, 0.1) is 0 Å². The second-order valence-corrected chi connectivity index (χ2v) is 8.27. The Labute approximate surface area is 95.4 Å². The second-order valence-electron chi connectivity index (χ2n) is 3.46. The standard InChI is InChI=1S/C8H13F6PS/c1-2-3-4-5-6-15(16,7(9,10)11)8(12,13)14/h2-6H2,1H3. The van der Waals surface area contributed by atoms with Crippen molar-refractivity contribution in [1.29, 1.82) is 0 Å². The molecule has 0 spiro atoms. The van der Waals surface area contributed by atoms with E-state index in [2.05, 4.69) is 11.8 Å². The van der Waals surface area contributed by atoms with E-state index < -0.39 is 24.0 Å². The highest BCUT2D eigenvalue weighted by atomic mass is 32.4. The van der Waals surface area contributed by atoms with Gasteiger partial charge in [-0.1, -0.05) is 38.0 Å². The Morgan fingerprint density at radius 3 is 1.62 bits per heavy atom. The molecule has 0 aromatic carbocycles. The van der Waals surface area contributed by atoms with E-state index in [0.717, 1.165) is 6.42 Å². The molecule has 0 saturated carbocycles. The molecule has 16 heavy (non-hydrogen) atoms. The summed E-state index contributed by atoms with van der Waals surface area (Å²) in [6.45, 7) is 1.82. The maximum atomic E-state index is 12.3. The van der Waals surface area contributed by atoms with Crippen LogP contribution in [-0.2, 0) is 11.8 Å². The number of hydrogen-bond donors (Lipinski definition) is 0. The predicted octanol–water partition coefficient (Wildman–Crippen LogP) is 5.09. The minimum Gasteiger partial charge on any atom is -0.166 e. The van der Waals surface area contributed by atoms with Gasteiger partial charge < -0.3 is 0 Å². The van der Waals surface area contributed by atoms with Crippen LogP contribution in [0.5, 0.6) is 0 Å². The summed E-state index contributed by atoms with van der Waals surface area (Å²) in [5.74, 6) is -10.6. The van der Waals surface area contributed by atoms with Gasteiger partial charge in [-0.25, -0.2) is 0 Å².